The third-order valence-corrected chi connectivity index (χ3v) is 3.41. The predicted molar refractivity (Wildman–Crippen MR) is 81.2 cm³/mol. The smallest absolute Gasteiger partial charge is 0.254 e. The van der Waals surface area contributed by atoms with Gasteiger partial charge in [-0.15, -0.1) is 0 Å². The van der Waals surface area contributed by atoms with Crippen LogP contribution in [0.3, 0.4) is 0 Å². The van der Waals surface area contributed by atoms with Crippen LogP contribution >= 0.6 is 23.2 Å². The fourth-order valence-corrected chi connectivity index (χ4v) is 2.38. The molecule has 0 bridgehead atoms. The van der Waals surface area contributed by atoms with E-state index in [1.807, 2.05) is 31.2 Å². The molecule has 0 fully saturated rings. The molecular weight excluding hydrogens is 295 g/mol. The number of carbonyl (C=O) groups excluding carboxylic acids is 1. The molecular formula is C15H14Cl2N2O. The lowest BCUT2D eigenvalue weighted by Gasteiger charge is -2.18. The summed E-state index contributed by atoms with van der Waals surface area (Å²) in [5.74, 6) is -0.139. The minimum Gasteiger partial charge on any atom is -0.337 e. The molecule has 1 amide bonds. The third kappa shape index (κ3) is 3.50. The van der Waals surface area contributed by atoms with Crippen LogP contribution in [0, 0.1) is 6.92 Å². The van der Waals surface area contributed by atoms with Crippen molar-refractivity contribution in [1.82, 2.24) is 9.88 Å². The van der Waals surface area contributed by atoms with Crippen molar-refractivity contribution >= 4 is 29.1 Å². The molecule has 2 aromatic rings. The van der Waals surface area contributed by atoms with Crippen LogP contribution in [0.4, 0.5) is 0 Å². The Kier molecular flexibility index (Phi) is 4.63. The third-order valence-electron chi connectivity index (χ3n) is 3.03. The number of hydrogen-bond acceptors (Lipinski definition) is 2. The molecule has 20 heavy (non-hydrogen) atoms. The minimum absolute atomic E-state index is 0.139. The highest BCUT2D eigenvalue weighted by atomic mass is 35.5. The van der Waals surface area contributed by atoms with E-state index in [1.165, 1.54) is 12.1 Å². The van der Waals surface area contributed by atoms with E-state index in [4.69, 9.17) is 23.2 Å². The van der Waals surface area contributed by atoms with Gasteiger partial charge >= 0.3 is 0 Å². The first kappa shape index (κ1) is 14.8. The van der Waals surface area contributed by atoms with E-state index in [0.717, 1.165) is 11.1 Å². The van der Waals surface area contributed by atoms with E-state index in [9.17, 15) is 4.79 Å². The lowest BCUT2D eigenvalue weighted by molar-refractivity contribution is 0.0785. The second kappa shape index (κ2) is 6.25. The number of rotatable bonds is 3. The molecule has 5 heteroatoms. The number of halogens is 2. The van der Waals surface area contributed by atoms with Crippen molar-refractivity contribution < 1.29 is 4.79 Å². The number of aryl methyl sites for hydroxylation is 1. The highest BCUT2D eigenvalue weighted by Crippen LogP contribution is 2.17. The van der Waals surface area contributed by atoms with Gasteiger partial charge in [0.2, 0.25) is 0 Å². The topological polar surface area (TPSA) is 33.2 Å². The lowest BCUT2D eigenvalue weighted by Crippen LogP contribution is -2.26. The van der Waals surface area contributed by atoms with Crippen LogP contribution in [0.15, 0.2) is 36.4 Å². The van der Waals surface area contributed by atoms with Crippen molar-refractivity contribution in [2.75, 3.05) is 7.05 Å². The number of nitrogens with zero attached hydrogens (tertiary/aromatic N) is 2. The van der Waals surface area contributed by atoms with Gasteiger partial charge in [0.05, 0.1) is 0 Å². The van der Waals surface area contributed by atoms with Crippen molar-refractivity contribution in [1.29, 1.82) is 0 Å². The van der Waals surface area contributed by atoms with Crippen molar-refractivity contribution in [3.63, 3.8) is 0 Å². The van der Waals surface area contributed by atoms with Gasteiger partial charge in [-0.2, -0.15) is 0 Å². The lowest BCUT2D eigenvalue weighted by atomic mass is 10.1. The maximum atomic E-state index is 12.3. The molecule has 0 atom stereocenters. The number of aromatic nitrogens is 1. The number of hydrogen-bond donors (Lipinski definition) is 0. The van der Waals surface area contributed by atoms with Gasteiger partial charge in [-0.05, 0) is 30.2 Å². The zero-order chi connectivity index (χ0) is 14.7. The Morgan fingerprint density at radius 1 is 1.20 bits per heavy atom. The average molecular weight is 309 g/mol. The molecule has 0 N–H and O–H groups in total. The summed E-state index contributed by atoms with van der Waals surface area (Å²) < 4.78 is 0. The Bertz CT molecular complexity index is 623. The highest BCUT2D eigenvalue weighted by Gasteiger charge is 2.14. The van der Waals surface area contributed by atoms with Gasteiger partial charge in [0.25, 0.3) is 5.91 Å². The molecule has 0 saturated carbocycles. The van der Waals surface area contributed by atoms with E-state index in [2.05, 4.69) is 4.98 Å². The van der Waals surface area contributed by atoms with Crippen molar-refractivity contribution in [2.24, 2.45) is 0 Å². The Morgan fingerprint density at radius 2 is 1.80 bits per heavy atom. The fraction of sp³-hybridized carbons (Fsp3) is 0.200. The quantitative estimate of drug-likeness (QED) is 0.804. The molecule has 0 aliphatic rings. The summed E-state index contributed by atoms with van der Waals surface area (Å²) in [6, 6.07) is 11.0. The first-order valence-electron chi connectivity index (χ1n) is 6.10. The molecule has 0 spiro atoms. The molecule has 0 aliphatic carbocycles. The summed E-state index contributed by atoms with van der Waals surface area (Å²) in [6.07, 6.45) is 0. The Labute approximate surface area is 128 Å². The predicted octanol–water partition coefficient (Wildman–Crippen LogP) is 3.97. The standard InChI is InChI=1S/C15H14Cl2N2O/c1-10-5-3-4-6-11(10)9-19(2)15(20)12-7-13(16)18-14(17)8-12/h3-8H,9H2,1-2H3. The largest absolute Gasteiger partial charge is 0.337 e. The number of benzene rings is 1. The summed E-state index contributed by atoms with van der Waals surface area (Å²) in [6.45, 7) is 2.55. The molecule has 0 saturated heterocycles. The summed E-state index contributed by atoms with van der Waals surface area (Å²) in [4.78, 5) is 17.8. The molecule has 3 nitrogen and oxygen atoms in total. The number of carbonyl (C=O) groups is 1. The second-order valence-electron chi connectivity index (χ2n) is 4.59. The van der Waals surface area contributed by atoms with Gasteiger partial charge < -0.3 is 4.90 Å². The Balaban J connectivity index is 2.18. The number of amides is 1. The van der Waals surface area contributed by atoms with Crippen molar-refractivity contribution in [2.45, 2.75) is 13.5 Å². The van der Waals surface area contributed by atoms with E-state index in [0.29, 0.717) is 12.1 Å². The van der Waals surface area contributed by atoms with Crippen molar-refractivity contribution in [3.8, 4) is 0 Å². The first-order valence-corrected chi connectivity index (χ1v) is 6.86. The zero-order valence-electron chi connectivity index (χ0n) is 11.2. The molecule has 0 unspecified atom stereocenters. The van der Waals surface area contributed by atoms with E-state index < -0.39 is 0 Å². The normalized spacial score (nSPS) is 10.4. The summed E-state index contributed by atoms with van der Waals surface area (Å²) in [7, 11) is 1.75. The van der Waals surface area contributed by atoms with E-state index in [-0.39, 0.29) is 16.2 Å². The Hall–Kier alpha value is -1.58. The molecule has 1 aromatic carbocycles. The maximum absolute atomic E-state index is 12.3. The van der Waals surface area contributed by atoms with Crippen molar-refractivity contribution in [3.05, 3.63) is 63.4 Å². The van der Waals surface area contributed by atoms with Gasteiger partial charge in [0.1, 0.15) is 10.3 Å². The summed E-state index contributed by atoms with van der Waals surface area (Å²) >= 11 is 11.6. The van der Waals surface area contributed by atoms with Crippen LogP contribution in [-0.2, 0) is 6.54 Å². The maximum Gasteiger partial charge on any atom is 0.254 e. The van der Waals surface area contributed by atoms with Gasteiger partial charge in [0.15, 0.2) is 0 Å². The van der Waals surface area contributed by atoms with Crippen LogP contribution in [0.2, 0.25) is 10.3 Å². The first-order chi connectivity index (χ1) is 9.47. The monoisotopic (exact) mass is 308 g/mol. The van der Waals surface area contributed by atoms with Gasteiger partial charge in [-0.25, -0.2) is 4.98 Å². The Morgan fingerprint density at radius 3 is 2.40 bits per heavy atom. The van der Waals surface area contributed by atoms with Gasteiger partial charge in [-0.3, -0.25) is 4.79 Å². The van der Waals surface area contributed by atoms with E-state index >= 15 is 0 Å². The second-order valence-corrected chi connectivity index (χ2v) is 5.36. The summed E-state index contributed by atoms with van der Waals surface area (Å²) in [5.41, 5.74) is 2.69. The fourth-order valence-electron chi connectivity index (χ4n) is 1.92. The summed E-state index contributed by atoms with van der Waals surface area (Å²) in [5, 5.41) is 0.426. The zero-order valence-corrected chi connectivity index (χ0v) is 12.7. The van der Waals surface area contributed by atoms with Crippen LogP contribution < -0.4 is 0 Å². The van der Waals surface area contributed by atoms with Crippen LogP contribution in [0.25, 0.3) is 0 Å². The van der Waals surface area contributed by atoms with Gasteiger partial charge in [-0.1, -0.05) is 47.5 Å². The molecule has 0 radical (unpaired) electrons. The molecule has 1 heterocycles. The molecule has 104 valence electrons. The van der Waals surface area contributed by atoms with Crippen LogP contribution in [0.5, 0.6) is 0 Å². The SMILES string of the molecule is Cc1ccccc1CN(C)C(=O)c1cc(Cl)nc(Cl)c1. The van der Waals surface area contributed by atoms with Crippen LogP contribution in [-0.4, -0.2) is 22.8 Å². The molecule has 2 rings (SSSR count). The molecule has 0 aliphatic heterocycles. The van der Waals surface area contributed by atoms with E-state index in [1.54, 1.807) is 11.9 Å². The van der Waals surface area contributed by atoms with Crippen LogP contribution in [0.1, 0.15) is 21.5 Å². The van der Waals surface area contributed by atoms with Gasteiger partial charge in [0, 0.05) is 19.2 Å². The number of pyridine rings is 1. The highest BCUT2D eigenvalue weighted by molar-refractivity contribution is 6.33. The molecule has 1 aromatic heterocycles. The average Bonchev–Trinajstić information content (AvgIpc) is 2.39. The minimum atomic E-state index is -0.139.